The number of phenols is 1. The van der Waals surface area contributed by atoms with Crippen molar-refractivity contribution in [3.8, 4) is 23.0 Å². The topological polar surface area (TPSA) is 138 Å². The molecule has 10 heteroatoms. The second kappa shape index (κ2) is 7.52. The van der Waals surface area contributed by atoms with E-state index < -0.39 is 45.6 Å². The number of fused-ring (bicyclic) bond motifs is 1. The van der Waals surface area contributed by atoms with E-state index >= 15 is 0 Å². The molecule has 2 N–H and O–H groups in total. The number of aliphatic hydroxyl groups is 1. The molecule has 7 rings (SSSR count). The lowest BCUT2D eigenvalue weighted by molar-refractivity contribution is -0.209. The molecule has 1 spiro atoms. The number of ketones is 1. The molecule has 0 aromatic heterocycles. The third kappa shape index (κ3) is 2.31. The van der Waals surface area contributed by atoms with Crippen LogP contribution in [0.5, 0.6) is 23.0 Å². The average molecular weight is 547 g/mol. The second-order valence-corrected chi connectivity index (χ2v) is 10.8. The van der Waals surface area contributed by atoms with Crippen LogP contribution in [0.2, 0.25) is 0 Å². The second-order valence-electron chi connectivity index (χ2n) is 10.8. The normalized spacial score (nSPS) is 26.3. The summed E-state index contributed by atoms with van der Waals surface area (Å²) in [6.45, 7) is 3.21. The van der Waals surface area contributed by atoms with Gasteiger partial charge in [0.2, 0.25) is 5.79 Å². The van der Waals surface area contributed by atoms with E-state index in [2.05, 4.69) is 0 Å². The number of hydrogen-bond acceptors (Lipinski definition) is 10. The Morgan fingerprint density at radius 1 is 0.900 bits per heavy atom. The molecular formula is C30H26O10. The molecule has 1 saturated heterocycles. The molecule has 0 radical (unpaired) electrons. The van der Waals surface area contributed by atoms with E-state index in [0.717, 1.165) is 0 Å². The zero-order valence-corrected chi connectivity index (χ0v) is 22.7. The molecule has 10 nitrogen and oxygen atoms in total. The summed E-state index contributed by atoms with van der Waals surface area (Å²) < 4.78 is 29.5. The summed E-state index contributed by atoms with van der Waals surface area (Å²) in [5, 5.41) is 25.4. The number of methoxy groups -OCH3 is 4. The van der Waals surface area contributed by atoms with Gasteiger partial charge in [-0.1, -0.05) is 0 Å². The molecule has 0 saturated carbocycles. The van der Waals surface area contributed by atoms with Crippen molar-refractivity contribution < 1.29 is 38.7 Å². The largest absolute Gasteiger partial charge is 0.506 e. The van der Waals surface area contributed by atoms with Gasteiger partial charge in [0.1, 0.15) is 17.3 Å². The summed E-state index contributed by atoms with van der Waals surface area (Å²) in [5.74, 6) is -3.80. The van der Waals surface area contributed by atoms with Crippen LogP contribution in [0.15, 0.2) is 21.7 Å². The maximum atomic E-state index is 13.8. The Kier molecular flexibility index (Phi) is 4.68. The SMILES string of the molecule is COc1c2c3c4c5c(c(=O)cc(OC)c5c5c(OC)cc(=O)c(c1O)c35)=C(O)C1(OC)OC(C)CC41C2C(C)=O. The van der Waals surface area contributed by atoms with Gasteiger partial charge >= 0.3 is 0 Å². The van der Waals surface area contributed by atoms with Crippen LogP contribution < -0.4 is 30.3 Å². The summed E-state index contributed by atoms with van der Waals surface area (Å²) in [4.78, 5) is 41.0. The highest BCUT2D eigenvalue weighted by molar-refractivity contribution is 6.31. The molecule has 0 amide bonds. The molecule has 4 aromatic rings. The molecular weight excluding hydrogens is 520 g/mol. The summed E-state index contributed by atoms with van der Waals surface area (Å²) >= 11 is 0. The minimum atomic E-state index is -1.92. The van der Waals surface area contributed by atoms with Crippen LogP contribution in [-0.2, 0) is 19.7 Å². The Morgan fingerprint density at radius 2 is 1.52 bits per heavy atom. The number of phenolic OH excluding ortho intramolecular Hbond substituents is 1. The molecule has 4 unspecified atom stereocenters. The number of benzene rings is 4. The van der Waals surface area contributed by atoms with Crippen LogP contribution >= 0.6 is 0 Å². The van der Waals surface area contributed by atoms with Gasteiger partial charge in [-0.3, -0.25) is 14.4 Å². The molecule has 1 aliphatic heterocycles. The van der Waals surface area contributed by atoms with Gasteiger partial charge in [0.05, 0.1) is 49.4 Å². The maximum absolute atomic E-state index is 13.8. The number of hydrogen-bond donors (Lipinski definition) is 2. The number of carbonyl (C=O) groups is 1. The molecule has 206 valence electrons. The molecule has 40 heavy (non-hydrogen) atoms. The lowest BCUT2D eigenvalue weighted by Gasteiger charge is -2.46. The van der Waals surface area contributed by atoms with Gasteiger partial charge in [0.25, 0.3) is 0 Å². The zero-order valence-electron chi connectivity index (χ0n) is 22.7. The highest BCUT2D eigenvalue weighted by atomic mass is 16.7. The molecule has 0 bridgehead atoms. The van der Waals surface area contributed by atoms with Gasteiger partial charge in [-0.25, -0.2) is 0 Å². The van der Waals surface area contributed by atoms with Crippen molar-refractivity contribution >= 4 is 43.9 Å². The van der Waals surface area contributed by atoms with E-state index in [1.165, 1.54) is 47.5 Å². The van der Waals surface area contributed by atoms with Crippen molar-refractivity contribution in [1.29, 1.82) is 0 Å². The number of Topliss-reactive ketones (excluding diaryl/α,β-unsaturated/α-hetero) is 1. The summed E-state index contributed by atoms with van der Waals surface area (Å²) in [7, 11) is 5.53. The molecule has 2 aliphatic carbocycles. The quantitative estimate of drug-likeness (QED) is 0.284. The van der Waals surface area contributed by atoms with Gasteiger partial charge in [0.15, 0.2) is 28.1 Å². The van der Waals surface area contributed by atoms with E-state index in [-0.39, 0.29) is 40.1 Å². The Balaban J connectivity index is 1.99. The molecule has 1 fully saturated rings. The van der Waals surface area contributed by atoms with Crippen LogP contribution in [0.1, 0.15) is 37.3 Å². The highest BCUT2D eigenvalue weighted by Crippen LogP contribution is 2.70. The number of ether oxygens (including phenoxy) is 5. The monoisotopic (exact) mass is 546 g/mol. The van der Waals surface area contributed by atoms with Gasteiger partial charge in [-0.05, 0) is 31.2 Å². The van der Waals surface area contributed by atoms with Crippen molar-refractivity contribution in [2.24, 2.45) is 0 Å². The lowest BCUT2D eigenvalue weighted by Crippen LogP contribution is -2.59. The standard InChI is InChI=1S/C30H26O10/c1-10-9-29-24(11(2)31)23-22-20-16(26(34)27(23)38-5)12(32)7-14(36-3)18(20)19-15(37-4)8-13(33)17(21(19)25(22)29)28(35)30(29,39-6)40-10/h7-8,10,24,34-35H,9H2,1-6H3. The fourth-order valence-electron chi connectivity index (χ4n) is 8.15. The van der Waals surface area contributed by atoms with Crippen LogP contribution in [-0.4, -0.2) is 56.3 Å². The van der Waals surface area contributed by atoms with E-state index in [1.54, 1.807) is 6.92 Å². The molecule has 3 aliphatic rings. The summed E-state index contributed by atoms with van der Waals surface area (Å²) in [6, 6.07) is 2.51. The molecule has 4 atom stereocenters. The smallest absolute Gasteiger partial charge is 0.239 e. The first-order valence-corrected chi connectivity index (χ1v) is 12.8. The van der Waals surface area contributed by atoms with Gasteiger partial charge in [-0.2, -0.15) is 0 Å². The van der Waals surface area contributed by atoms with Crippen LogP contribution in [0.3, 0.4) is 0 Å². The first kappa shape index (κ1) is 24.9. The van der Waals surface area contributed by atoms with Crippen molar-refractivity contribution in [1.82, 2.24) is 0 Å². The first-order chi connectivity index (χ1) is 19.1. The van der Waals surface area contributed by atoms with Gasteiger partial charge < -0.3 is 33.9 Å². The zero-order chi connectivity index (χ0) is 28.6. The fraction of sp³-hybridized carbons (Fsp3) is 0.367. The lowest BCUT2D eigenvalue weighted by atomic mass is 9.61. The van der Waals surface area contributed by atoms with Crippen molar-refractivity contribution in [2.75, 3.05) is 28.4 Å². The maximum Gasteiger partial charge on any atom is 0.239 e. The van der Waals surface area contributed by atoms with Crippen molar-refractivity contribution in [3.63, 3.8) is 0 Å². The summed E-state index contributed by atoms with van der Waals surface area (Å²) in [5.41, 5.74) is -1.58. The molecule has 1 heterocycles. The predicted octanol–water partition coefficient (Wildman–Crippen LogP) is 2.51. The summed E-state index contributed by atoms with van der Waals surface area (Å²) in [6.07, 6.45) is -0.296. The van der Waals surface area contributed by atoms with Gasteiger partial charge in [0, 0.05) is 46.4 Å². The Hall–Kier alpha value is -4.15. The highest BCUT2D eigenvalue weighted by Gasteiger charge is 2.73. The van der Waals surface area contributed by atoms with E-state index in [0.29, 0.717) is 38.1 Å². The first-order valence-electron chi connectivity index (χ1n) is 12.8. The van der Waals surface area contributed by atoms with Crippen molar-refractivity contribution in [2.45, 2.75) is 43.5 Å². The Morgan fingerprint density at radius 3 is 2.10 bits per heavy atom. The Labute approximate surface area is 226 Å². The number of rotatable bonds is 5. The Bertz CT molecular complexity index is 2030. The third-order valence-corrected chi connectivity index (χ3v) is 9.15. The van der Waals surface area contributed by atoms with Crippen LogP contribution in [0.25, 0.3) is 38.1 Å². The van der Waals surface area contributed by atoms with Gasteiger partial charge in [-0.15, -0.1) is 0 Å². The minimum absolute atomic E-state index is 0.0209. The fourth-order valence-corrected chi connectivity index (χ4v) is 8.15. The number of aromatic hydroxyl groups is 1. The predicted molar refractivity (Wildman–Crippen MR) is 145 cm³/mol. The number of carbonyl (C=O) groups excluding carboxylic acids is 1. The van der Waals surface area contributed by atoms with E-state index in [9.17, 15) is 24.6 Å². The average Bonchev–Trinajstić information content (AvgIpc) is 3.40. The molecule has 4 aromatic carbocycles. The van der Waals surface area contributed by atoms with Crippen molar-refractivity contribution in [3.05, 3.63) is 48.9 Å². The van der Waals surface area contributed by atoms with E-state index in [1.807, 2.05) is 0 Å². The van der Waals surface area contributed by atoms with E-state index in [4.69, 9.17) is 23.7 Å². The third-order valence-electron chi connectivity index (χ3n) is 9.15. The minimum Gasteiger partial charge on any atom is -0.506 e. The number of aliphatic hydroxyl groups excluding tert-OH is 1. The van der Waals surface area contributed by atoms with Crippen LogP contribution in [0.4, 0.5) is 0 Å². The van der Waals surface area contributed by atoms with Crippen LogP contribution in [0, 0.1) is 0 Å².